The van der Waals surface area contributed by atoms with Crippen molar-refractivity contribution in [2.24, 2.45) is 5.92 Å². The van der Waals surface area contributed by atoms with E-state index in [1.54, 1.807) is 32.0 Å². The van der Waals surface area contributed by atoms with Crippen LogP contribution in [-0.4, -0.2) is 47.0 Å². The summed E-state index contributed by atoms with van der Waals surface area (Å²) in [5, 5.41) is 9.76. The summed E-state index contributed by atoms with van der Waals surface area (Å²) in [6.07, 6.45) is -1.02. The molecule has 1 aromatic carbocycles. The molecule has 0 fully saturated rings. The number of ether oxygens (including phenoxy) is 1. The highest BCUT2D eigenvalue weighted by molar-refractivity contribution is 6.22. The molecular weight excluding hydrogens is 286 g/mol. The van der Waals surface area contributed by atoms with Gasteiger partial charge in [-0.3, -0.25) is 19.3 Å². The quantitative estimate of drug-likeness (QED) is 0.651. The van der Waals surface area contributed by atoms with Crippen molar-refractivity contribution in [3.8, 4) is 0 Å². The van der Waals surface area contributed by atoms with Crippen molar-refractivity contribution in [2.75, 3.05) is 13.2 Å². The molecule has 1 N–H and O–H groups in total. The van der Waals surface area contributed by atoms with E-state index in [1.807, 2.05) is 0 Å². The van der Waals surface area contributed by atoms with E-state index >= 15 is 0 Å². The SMILES string of the molecule is CCOC(=O)[C@@H](CN1C(=O)c2cccc(C)c2C1=O)[C@@H](C)O. The molecule has 0 spiro atoms. The average molecular weight is 305 g/mol. The van der Waals surface area contributed by atoms with Gasteiger partial charge in [-0.25, -0.2) is 0 Å². The largest absolute Gasteiger partial charge is 0.466 e. The van der Waals surface area contributed by atoms with Crippen LogP contribution in [0.25, 0.3) is 0 Å². The molecule has 0 saturated heterocycles. The lowest BCUT2D eigenvalue weighted by molar-refractivity contribution is -0.151. The second kappa shape index (κ2) is 6.27. The van der Waals surface area contributed by atoms with Gasteiger partial charge in [0.05, 0.1) is 23.8 Å². The first kappa shape index (κ1) is 16.2. The molecule has 0 bridgehead atoms. The number of hydrogen-bond donors (Lipinski definition) is 1. The lowest BCUT2D eigenvalue weighted by Crippen LogP contribution is -2.42. The molecule has 118 valence electrons. The number of rotatable bonds is 5. The van der Waals surface area contributed by atoms with Gasteiger partial charge in [-0.1, -0.05) is 12.1 Å². The second-order valence-electron chi connectivity index (χ2n) is 5.32. The van der Waals surface area contributed by atoms with Crippen LogP contribution in [0.1, 0.15) is 40.1 Å². The number of aliphatic hydroxyl groups is 1. The Labute approximate surface area is 128 Å². The van der Waals surface area contributed by atoms with Gasteiger partial charge in [0.1, 0.15) is 5.92 Å². The minimum atomic E-state index is -1.02. The molecular formula is C16H19NO5. The number of aryl methyl sites for hydroxylation is 1. The molecule has 1 aliphatic heterocycles. The molecule has 1 aliphatic rings. The zero-order valence-electron chi connectivity index (χ0n) is 12.8. The number of hydrogen-bond acceptors (Lipinski definition) is 5. The van der Waals surface area contributed by atoms with Gasteiger partial charge >= 0.3 is 5.97 Å². The molecule has 1 aromatic rings. The van der Waals surface area contributed by atoms with Gasteiger partial charge in [-0.05, 0) is 32.4 Å². The third-order valence-electron chi connectivity index (χ3n) is 3.76. The predicted molar refractivity (Wildman–Crippen MR) is 78.3 cm³/mol. The number of aliphatic hydroxyl groups excluding tert-OH is 1. The molecule has 2 rings (SSSR count). The Morgan fingerprint density at radius 2 is 2.00 bits per heavy atom. The van der Waals surface area contributed by atoms with Crippen molar-refractivity contribution in [2.45, 2.75) is 26.9 Å². The van der Waals surface area contributed by atoms with Crippen molar-refractivity contribution in [1.82, 2.24) is 4.90 Å². The van der Waals surface area contributed by atoms with Gasteiger partial charge < -0.3 is 9.84 Å². The topological polar surface area (TPSA) is 83.9 Å². The van der Waals surface area contributed by atoms with E-state index in [4.69, 9.17) is 4.74 Å². The molecule has 2 atom stereocenters. The summed E-state index contributed by atoms with van der Waals surface area (Å²) in [5.41, 5.74) is 1.40. The zero-order valence-corrected chi connectivity index (χ0v) is 12.8. The highest BCUT2D eigenvalue weighted by Crippen LogP contribution is 2.27. The maximum atomic E-state index is 12.4. The fraction of sp³-hybridized carbons (Fsp3) is 0.438. The first-order valence-electron chi connectivity index (χ1n) is 7.19. The van der Waals surface area contributed by atoms with Gasteiger partial charge in [-0.15, -0.1) is 0 Å². The fourth-order valence-corrected chi connectivity index (χ4v) is 2.54. The summed E-state index contributed by atoms with van der Waals surface area (Å²) in [6, 6.07) is 5.05. The second-order valence-corrected chi connectivity index (χ2v) is 5.32. The fourth-order valence-electron chi connectivity index (χ4n) is 2.54. The smallest absolute Gasteiger partial charge is 0.313 e. The van der Waals surface area contributed by atoms with Gasteiger partial charge in [0.15, 0.2) is 0 Å². The van der Waals surface area contributed by atoms with Gasteiger partial charge in [0.2, 0.25) is 0 Å². The molecule has 0 aromatic heterocycles. The van der Waals surface area contributed by atoms with Crippen LogP contribution >= 0.6 is 0 Å². The molecule has 0 radical (unpaired) electrons. The first-order valence-corrected chi connectivity index (χ1v) is 7.19. The zero-order chi connectivity index (χ0) is 16.4. The molecule has 0 unspecified atom stereocenters. The highest BCUT2D eigenvalue weighted by Gasteiger charge is 2.40. The lowest BCUT2D eigenvalue weighted by atomic mass is 10.0. The summed E-state index contributed by atoms with van der Waals surface area (Å²) in [6.45, 7) is 4.82. The minimum absolute atomic E-state index is 0.170. The summed E-state index contributed by atoms with van der Waals surface area (Å²) in [5.74, 6) is -2.46. The first-order chi connectivity index (χ1) is 10.4. The Morgan fingerprint density at radius 3 is 2.55 bits per heavy atom. The number of imide groups is 1. The standard InChI is InChI=1S/C16H19NO5/c1-4-22-16(21)12(10(3)18)8-17-14(19)11-7-5-6-9(2)13(11)15(17)20/h5-7,10,12,18H,4,8H2,1-3H3/t10-,12+/m1/s1. The van der Waals surface area contributed by atoms with Crippen LogP contribution in [0.15, 0.2) is 18.2 Å². The van der Waals surface area contributed by atoms with E-state index in [0.29, 0.717) is 16.7 Å². The molecule has 1 heterocycles. The number of fused-ring (bicyclic) bond motifs is 1. The summed E-state index contributed by atoms with van der Waals surface area (Å²) in [7, 11) is 0. The van der Waals surface area contributed by atoms with E-state index in [-0.39, 0.29) is 13.2 Å². The Balaban J connectivity index is 2.27. The third kappa shape index (κ3) is 2.74. The van der Waals surface area contributed by atoms with Crippen LogP contribution in [0.4, 0.5) is 0 Å². The third-order valence-corrected chi connectivity index (χ3v) is 3.76. The summed E-state index contributed by atoms with van der Waals surface area (Å²) < 4.78 is 4.90. The van der Waals surface area contributed by atoms with E-state index in [2.05, 4.69) is 0 Å². The summed E-state index contributed by atoms with van der Waals surface area (Å²) in [4.78, 5) is 37.7. The van der Waals surface area contributed by atoms with Crippen molar-refractivity contribution in [3.05, 3.63) is 34.9 Å². The van der Waals surface area contributed by atoms with Gasteiger partial charge in [0.25, 0.3) is 11.8 Å². The average Bonchev–Trinajstić information content (AvgIpc) is 2.69. The van der Waals surface area contributed by atoms with Crippen LogP contribution in [0, 0.1) is 12.8 Å². The van der Waals surface area contributed by atoms with Crippen LogP contribution < -0.4 is 0 Å². The van der Waals surface area contributed by atoms with Gasteiger partial charge in [0, 0.05) is 6.54 Å². The number of amides is 2. The molecule has 6 heteroatoms. The molecule has 22 heavy (non-hydrogen) atoms. The summed E-state index contributed by atoms with van der Waals surface area (Å²) >= 11 is 0. The molecule has 0 saturated carbocycles. The van der Waals surface area contributed by atoms with Crippen molar-refractivity contribution < 1.29 is 24.2 Å². The number of carbonyl (C=O) groups is 3. The van der Waals surface area contributed by atoms with E-state index in [9.17, 15) is 19.5 Å². The monoisotopic (exact) mass is 305 g/mol. The maximum Gasteiger partial charge on any atom is 0.313 e. The predicted octanol–water partition coefficient (Wildman–Crippen LogP) is 1.15. The number of benzene rings is 1. The maximum absolute atomic E-state index is 12.4. The Hall–Kier alpha value is -2.21. The van der Waals surface area contributed by atoms with Gasteiger partial charge in [-0.2, -0.15) is 0 Å². The highest BCUT2D eigenvalue weighted by atomic mass is 16.5. The van der Waals surface area contributed by atoms with E-state index in [0.717, 1.165) is 4.90 Å². The number of nitrogens with zero attached hydrogens (tertiary/aromatic N) is 1. The van der Waals surface area contributed by atoms with E-state index in [1.165, 1.54) is 6.92 Å². The Morgan fingerprint density at radius 1 is 1.32 bits per heavy atom. The van der Waals surface area contributed by atoms with Crippen LogP contribution in [0.3, 0.4) is 0 Å². The minimum Gasteiger partial charge on any atom is -0.466 e. The molecule has 6 nitrogen and oxygen atoms in total. The molecule has 2 amide bonds. The molecule has 0 aliphatic carbocycles. The lowest BCUT2D eigenvalue weighted by Gasteiger charge is -2.23. The van der Waals surface area contributed by atoms with Crippen molar-refractivity contribution in [3.63, 3.8) is 0 Å². The number of carbonyl (C=O) groups excluding carboxylic acids is 3. The normalized spacial score (nSPS) is 16.5. The Kier molecular flexibility index (Phi) is 4.61. The number of esters is 1. The van der Waals surface area contributed by atoms with E-state index < -0.39 is 29.8 Å². The van der Waals surface area contributed by atoms with Crippen LogP contribution in [-0.2, 0) is 9.53 Å². The van der Waals surface area contributed by atoms with Crippen LogP contribution in [0.2, 0.25) is 0 Å². The van der Waals surface area contributed by atoms with Crippen LogP contribution in [0.5, 0.6) is 0 Å². The van der Waals surface area contributed by atoms with Crippen molar-refractivity contribution >= 4 is 17.8 Å². The Bertz CT molecular complexity index is 623. The van der Waals surface area contributed by atoms with Crippen molar-refractivity contribution in [1.29, 1.82) is 0 Å².